The smallest absolute Gasteiger partial charge is 0.237 e. The molecule has 6 nitrogen and oxygen atoms in total. The molecule has 19 heavy (non-hydrogen) atoms. The van der Waals surface area contributed by atoms with Crippen molar-refractivity contribution in [2.24, 2.45) is 12.1 Å². The lowest BCUT2D eigenvalue weighted by Crippen LogP contribution is -1.97. The van der Waals surface area contributed by atoms with Crippen LogP contribution in [0.3, 0.4) is 0 Å². The fourth-order valence-corrected chi connectivity index (χ4v) is 1.60. The number of nitriles is 2. The average molecular weight is 250 g/mol. The normalized spacial score (nSPS) is 9.21. The molecule has 0 saturated heterocycles. The van der Waals surface area contributed by atoms with E-state index in [2.05, 4.69) is 15.6 Å². The van der Waals surface area contributed by atoms with Crippen molar-refractivity contribution in [1.29, 1.82) is 10.5 Å². The van der Waals surface area contributed by atoms with Crippen molar-refractivity contribution in [2.45, 2.75) is 0 Å². The van der Waals surface area contributed by atoms with Crippen molar-refractivity contribution in [2.75, 3.05) is 5.43 Å². The lowest BCUT2D eigenvalue weighted by Gasteiger charge is -2.05. The molecule has 1 heterocycles. The second kappa shape index (κ2) is 5.48. The summed E-state index contributed by atoms with van der Waals surface area (Å²) in [4.78, 5) is 0. The molecule has 2 aromatic rings. The minimum Gasteiger partial charge on any atom is -0.276 e. The zero-order chi connectivity index (χ0) is 13.7. The molecule has 0 spiro atoms. The molecule has 0 saturated carbocycles. The molecule has 6 heteroatoms. The van der Waals surface area contributed by atoms with Crippen LogP contribution in [0.5, 0.6) is 0 Å². The topological polar surface area (TPSA) is 89.8 Å². The van der Waals surface area contributed by atoms with Gasteiger partial charge in [-0.05, 0) is 18.2 Å². The van der Waals surface area contributed by atoms with Gasteiger partial charge in [-0.1, -0.05) is 12.1 Å². The summed E-state index contributed by atoms with van der Waals surface area (Å²) in [5, 5.41) is 25.0. The molecule has 0 aliphatic heterocycles. The zero-order valence-electron chi connectivity index (χ0n) is 10.2. The first-order valence-corrected chi connectivity index (χ1v) is 5.47. The van der Waals surface area contributed by atoms with E-state index in [0.717, 1.165) is 11.3 Å². The summed E-state index contributed by atoms with van der Waals surface area (Å²) < 4.78 is 1.76. The summed E-state index contributed by atoms with van der Waals surface area (Å²) in [5.41, 5.74) is 5.10. The Morgan fingerprint density at radius 2 is 2.11 bits per heavy atom. The molecule has 0 radical (unpaired) electrons. The Kier molecular flexibility index (Phi) is 3.56. The van der Waals surface area contributed by atoms with Gasteiger partial charge in [0.05, 0.1) is 11.4 Å². The fraction of sp³-hybridized carbons (Fsp3) is 0.0769. The summed E-state index contributed by atoms with van der Waals surface area (Å²) >= 11 is 0. The van der Waals surface area contributed by atoms with Crippen LogP contribution in [-0.2, 0) is 7.05 Å². The van der Waals surface area contributed by atoms with E-state index in [1.165, 1.54) is 0 Å². The minimum absolute atomic E-state index is 0.217. The Balaban J connectivity index is 2.27. The van der Waals surface area contributed by atoms with E-state index in [-0.39, 0.29) is 5.71 Å². The number of nitrogens with zero attached hydrogens (tertiary/aromatic N) is 5. The van der Waals surface area contributed by atoms with Gasteiger partial charge in [-0.3, -0.25) is 10.1 Å². The minimum atomic E-state index is -0.217. The Labute approximate surface area is 110 Å². The highest BCUT2D eigenvalue weighted by molar-refractivity contribution is 6.10. The van der Waals surface area contributed by atoms with E-state index in [1.807, 2.05) is 31.3 Å². The van der Waals surface area contributed by atoms with Crippen LogP contribution < -0.4 is 5.43 Å². The predicted molar refractivity (Wildman–Crippen MR) is 70.9 cm³/mol. The molecule has 0 unspecified atom stereocenters. The quantitative estimate of drug-likeness (QED) is 0.665. The SMILES string of the molecule is Cn1nccc1-c1cccc(NN=C(C#N)C#N)c1. The van der Waals surface area contributed by atoms with Crippen LogP contribution in [0.1, 0.15) is 0 Å². The summed E-state index contributed by atoms with van der Waals surface area (Å²) in [6.45, 7) is 0. The number of hydrogen-bond donors (Lipinski definition) is 1. The van der Waals surface area contributed by atoms with Crippen LogP contribution in [0, 0.1) is 22.7 Å². The Hall–Kier alpha value is -3.12. The van der Waals surface area contributed by atoms with E-state index in [0.29, 0.717) is 5.69 Å². The van der Waals surface area contributed by atoms with Gasteiger partial charge < -0.3 is 0 Å². The number of nitrogens with one attached hydrogen (secondary N) is 1. The number of hydrogen-bond acceptors (Lipinski definition) is 5. The van der Waals surface area contributed by atoms with Crippen molar-refractivity contribution in [3.63, 3.8) is 0 Å². The highest BCUT2D eigenvalue weighted by atomic mass is 15.3. The van der Waals surface area contributed by atoms with Crippen LogP contribution >= 0.6 is 0 Å². The second-order valence-corrected chi connectivity index (χ2v) is 3.72. The number of aromatic nitrogens is 2. The maximum Gasteiger partial charge on any atom is 0.237 e. The first-order valence-electron chi connectivity index (χ1n) is 5.47. The summed E-state index contributed by atoms with van der Waals surface area (Å²) in [6.07, 6.45) is 1.72. The molecule has 0 aliphatic carbocycles. The third-order valence-corrected chi connectivity index (χ3v) is 2.49. The van der Waals surface area contributed by atoms with Gasteiger partial charge in [-0.25, -0.2) is 0 Å². The van der Waals surface area contributed by atoms with Gasteiger partial charge in [-0.15, -0.1) is 0 Å². The third-order valence-electron chi connectivity index (χ3n) is 2.49. The predicted octanol–water partition coefficient (Wildman–Crippen LogP) is 1.90. The number of benzene rings is 1. The van der Waals surface area contributed by atoms with Gasteiger partial charge in [0, 0.05) is 18.8 Å². The van der Waals surface area contributed by atoms with Crippen LogP contribution in [0.2, 0.25) is 0 Å². The summed E-state index contributed by atoms with van der Waals surface area (Å²) in [7, 11) is 1.86. The Morgan fingerprint density at radius 3 is 2.74 bits per heavy atom. The van der Waals surface area contributed by atoms with Crippen molar-refractivity contribution in [3.8, 4) is 23.4 Å². The number of anilines is 1. The van der Waals surface area contributed by atoms with Gasteiger partial charge in [0.25, 0.3) is 0 Å². The average Bonchev–Trinajstić information content (AvgIpc) is 2.86. The molecule has 0 bridgehead atoms. The molecular formula is C13H10N6. The summed E-state index contributed by atoms with van der Waals surface area (Å²) in [5.74, 6) is 0. The largest absolute Gasteiger partial charge is 0.276 e. The molecule has 92 valence electrons. The molecular weight excluding hydrogens is 240 g/mol. The molecule has 0 atom stereocenters. The Morgan fingerprint density at radius 1 is 1.32 bits per heavy atom. The molecule has 1 N–H and O–H groups in total. The molecule has 1 aromatic carbocycles. The van der Waals surface area contributed by atoms with Gasteiger partial charge in [0.1, 0.15) is 12.1 Å². The van der Waals surface area contributed by atoms with Crippen molar-refractivity contribution in [3.05, 3.63) is 36.5 Å². The molecule has 0 aliphatic rings. The van der Waals surface area contributed by atoms with Gasteiger partial charge in [0.15, 0.2) is 0 Å². The lowest BCUT2D eigenvalue weighted by molar-refractivity contribution is 0.776. The number of aryl methyl sites for hydroxylation is 1. The van der Waals surface area contributed by atoms with E-state index in [9.17, 15) is 0 Å². The first-order chi connectivity index (χ1) is 9.24. The molecule has 0 fully saturated rings. The zero-order valence-corrected chi connectivity index (χ0v) is 10.2. The van der Waals surface area contributed by atoms with Gasteiger partial charge in [0.2, 0.25) is 5.71 Å². The molecule has 0 amide bonds. The summed E-state index contributed by atoms with van der Waals surface area (Å²) in [6, 6.07) is 12.7. The Bertz CT molecular complexity index is 682. The van der Waals surface area contributed by atoms with Crippen molar-refractivity contribution >= 4 is 11.4 Å². The first kappa shape index (κ1) is 12.3. The van der Waals surface area contributed by atoms with Crippen LogP contribution in [0.25, 0.3) is 11.3 Å². The van der Waals surface area contributed by atoms with Gasteiger partial charge in [-0.2, -0.15) is 20.7 Å². The van der Waals surface area contributed by atoms with Crippen molar-refractivity contribution in [1.82, 2.24) is 9.78 Å². The maximum atomic E-state index is 8.59. The van der Waals surface area contributed by atoms with Crippen LogP contribution in [0.15, 0.2) is 41.6 Å². The highest BCUT2D eigenvalue weighted by Gasteiger charge is 2.03. The molecule has 1 aromatic heterocycles. The van der Waals surface area contributed by atoms with E-state index >= 15 is 0 Å². The van der Waals surface area contributed by atoms with E-state index < -0.39 is 0 Å². The number of hydrazone groups is 1. The highest BCUT2D eigenvalue weighted by Crippen LogP contribution is 2.21. The monoisotopic (exact) mass is 250 g/mol. The van der Waals surface area contributed by atoms with Crippen molar-refractivity contribution < 1.29 is 0 Å². The standard InChI is InChI=1S/C13H10N6/c1-19-13(5-6-16-19)10-3-2-4-11(7-10)17-18-12(8-14)9-15/h2-7,17H,1H3. The number of rotatable bonds is 3. The maximum absolute atomic E-state index is 8.59. The van der Waals surface area contributed by atoms with Crippen LogP contribution in [0.4, 0.5) is 5.69 Å². The lowest BCUT2D eigenvalue weighted by atomic mass is 10.1. The van der Waals surface area contributed by atoms with E-state index in [1.54, 1.807) is 29.1 Å². The van der Waals surface area contributed by atoms with E-state index in [4.69, 9.17) is 10.5 Å². The molecule has 2 rings (SSSR count). The third kappa shape index (κ3) is 2.76. The second-order valence-electron chi connectivity index (χ2n) is 3.72. The van der Waals surface area contributed by atoms with Gasteiger partial charge >= 0.3 is 0 Å². The van der Waals surface area contributed by atoms with Crippen LogP contribution in [-0.4, -0.2) is 15.5 Å². The fourth-order valence-electron chi connectivity index (χ4n) is 1.60.